The first-order chi connectivity index (χ1) is 12.5. The molecular formula is C20H30ClFN2O2. The minimum absolute atomic E-state index is 0.0616. The van der Waals surface area contributed by atoms with E-state index in [1.54, 1.807) is 0 Å². The Morgan fingerprint density at radius 1 is 0.923 bits per heavy atom. The second kappa shape index (κ2) is 13.6. The topological polar surface area (TPSA) is 58.2 Å². The van der Waals surface area contributed by atoms with Crippen molar-refractivity contribution in [1.82, 2.24) is 5.32 Å². The van der Waals surface area contributed by atoms with Gasteiger partial charge in [-0.2, -0.15) is 0 Å². The lowest BCUT2D eigenvalue weighted by Crippen LogP contribution is -2.36. The smallest absolute Gasteiger partial charge is 0.313 e. The van der Waals surface area contributed by atoms with Gasteiger partial charge in [0.25, 0.3) is 0 Å². The number of amides is 2. The molecule has 146 valence electrons. The molecule has 4 nitrogen and oxygen atoms in total. The van der Waals surface area contributed by atoms with E-state index in [1.165, 1.54) is 57.1 Å². The predicted molar refractivity (Wildman–Crippen MR) is 105 cm³/mol. The standard InChI is InChI=1S/C20H30ClFN2O2/c1-2-3-4-5-6-7-8-9-10-11-14-23-19(25)20(26)24-18-13-12-16(21)15-17(18)22/h12-13,15H,2-11,14H2,1H3,(H,23,25)(H,24,26). The first-order valence-corrected chi connectivity index (χ1v) is 9.96. The minimum atomic E-state index is -0.877. The molecule has 2 N–H and O–H groups in total. The maximum atomic E-state index is 13.6. The average molecular weight is 385 g/mol. The molecule has 0 heterocycles. The van der Waals surface area contributed by atoms with Gasteiger partial charge in [0.15, 0.2) is 0 Å². The molecule has 0 aromatic heterocycles. The number of benzene rings is 1. The van der Waals surface area contributed by atoms with Crippen molar-refractivity contribution in [3.63, 3.8) is 0 Å². The van der Waals surface area contributed by atoms with Gasteiger partial charge in [-0.1, -0.05) is 76.3 Å². The Kier molecular flexibility index (Phi) is 11.7. The Morgan fingerprint density at radius 3 is 2.08 bits per heavy atom. The minimum Gasteiger partial charge on any atom is -0.348 e. The molecule has 0 unspecified atom stereocenters. The summed E-state index contributed by atoms with van der Waals surface area (Å²) in [4.78, 5) is 23.5. The second-order valence-electron chi connectivity index (χ2n) is 6.52. The molecule has 1 aromatic carbocycles. The van der Waals surface area contributed by atoms with Gasteiger partial charge in [-0.15, -0.1) is 0 Å². The molecule has 0 saturated heterocycles. The molecule has 0 atom stereocenters. The van der Waals surface area contributed by atoms with Crippen LogP contribution in [0.4, 0.5) is 10.1 Å². The van der Waals surface area contributed by atoms with E-state index in [9.17, 15) is 14.0 Å². The Hall–Kier alpha value is -1.62. The molecule has 1 rings (SSSR count). The first kappa shape index (κ1) is 22.4. The summed E-state index contributed by atoms with van der Waals surface area (Å²) in [5.74, 6) is -2.30. The Balaban J connectivity index is 2.06. The summed E-state index contributed by atoms with van der Waals surface area (Å²) in [6, 6.07) is 3.85. The largest absolute Gasteiger partial charge is 0.348 e. The monoisotopic (exact) mass is 384 g/mol. The zero-order chi connectivity index (χ0) is 19.2. The van der Waals surface area contributed by atoms with Gasteiger partial charge in [0.1, 0.15) is 5.82 Å². The molecule has 2 amide bonds. The van der Waals surface area contributed by atoms with Crippen LogP contribution in [0.3, 0.4) is 0 Å². The third-order valence-corrected chi connectivity index (χ3v) is 4.44. The van der Waals surface area contributed by atoms with Gasteiger partial charge in [-0.05, 0) is 24.6 Å². The van der Waals surface area contributed by atoms with Crippen molar-refractivity contribution in [2.45, 2.75) is 71.1 Å². The van der Waals surface area contributed by atoms with Gasteiger partial charge in [0.2, 0.25) is 0 Å². The number of anilines is 1. The quantitative estimate of drug-likeness (QED) is 0.371. The van der Waals surface area contributed by atoms with E-state index in [-0.39, 0.29) is 10.7 Å². The SMILES string of the molecule is CCCCCCCCCCCCNC(=O)C(=O)Nc1ccc(Cl)cc1F. The molecule has 1 aromatic rings. The first-order valence-electron chi connectivity index (χ1n) is 9.58. The maximum absolute atomic E-state index is 13.6. The van der Waals surface area contributed by atoms with Crippen molar-refractivity contribution in [3.8, 4) is 0 Å². The third kappa shape index (κ3) is 9.76. The number of rotatable bonds is 12. The highest BCUT2D eigenvalue weighted by molar-refractivity contribution is 6.39. The van der Waals surface area contributed by atoms with Crippen molar-refractivity contribution in [2.75, 3.05) is 11.9 Å². The summed E-state index contributed by atoms with van der Waals surface area (Å²) in [7, 11) is 0. The van der Waals surface area contributed by atoms with Crippen molar-refractivity contribution in [2.24, 2.45) is 0 Å². The third-order valence-electron chi connectivity index (χ3n) is 4.20. The van der Waals surface area contributed by atoms with Crippen molar-refractivity contribution in [1.29, 1.82) is 0 Å². The molecular weight excluding hydrogens is 355 g/mol. The number of halogens is 2. The second-order valence-corrected chi connectivity index (χ2v) is 6.95. The van der Waals surface area contributed by atoms with E-state index in [4.69, 9.17) is 11.6 Å². The van der Waals surface area contributed by atoms with Crippen LogP contribution in [0.5, 0.6) is 0 Å². The highest BCUT2D eigenvalue weighted by Gasteiger charge is 2.15. The molecule has 0 bridgehead atoms. The lowest BCUT2D eigenvalue weighted by molar-refractivity contribution is -0.136. The summed E-state index contributed by atoms with van der Waals surface area (Å²) in [5, 5.41) is 5.03. The zero-order valence-electron chi connectivity index (χ0n) is 15.6. The molecule has 0 aliphatic rings. The predicted octanol–water partition coefficient (Wildman–Crippen LogP) is 5.45. The molecule has 0 aliphatic heterocycles. The molecule has 0 aliphatic carbocycles. The number of hydrogen-bond donors (Lipinski definition) is 2. The van der Waals surface area contributed by atoms with Crippen LogP contribution in [0.1, 0.15) is 71.1 Å². The van der Waals surface area contributed by atoms with Gasteiger partial charge in [-0.3, -0.25) is 9.59 Å². The molecule has 0 spiro atoms. The van der Waals surface area contributed by atoms with E-state index < -0.39 is 17.6 Å². The fraction of sp³-hybridized carbons (Fsp3) is 0.600. The van der Waals surface area contributed by atoms with E-state index in [1.807, 2.05) is 0 Å². The molecule has 26 heavy (non-hydrogen) atoms. The van der Waals surface area contributed by atoms with Crippen molar-refractivity contribution in [3.05, 3.63) is 29.0 Å². The summed E-state index contributed by atoms with van der Waals surface area (Å²) in [6.45, 7) is 2.67. The normalized spacial score (nSPS) is 10.6. The van der Waals surface area contributed by atoms with E-state index >= 15 is 0 Å². The van der Waals surface area contributed by atoms with Gasteiger partial charge in [0.05, 0.1) is 5.69 Å². The number of carbonyl (C=O) groups is 2. The fourth-order valence-corrected chi connectivity index (χ4v) is 2.82. The number of unbranched alkanes of at least 4 members (excludes halogenated alkanes) is 9. The summed E-state index contributed by atoms with van der Waals surface area (Å²) < 4.78 is 13.6. The van der Waals surface area contributed by atoms with Crippen LogP contribution >= 0.6 is 11.6 Å². The van der Waals surface area contributed by atoms with Crippen LogP contribution in [0.15, 0.2) is 18.2 Å². The van der Waals surface area contributed by atoms with Gasteiger partial charge in [0, 0.05) is 11.6 Å². The average Bonchev–Trinajstić information content (AvgIpc) is 2.61. The number of hydrogen-bond acceptors (Lipinski definition) is 2. The summed E-state index contributed by atoms with van der Waals surface area (Å²) in [6.07, 6.45) is 12.1. The highest BCUT2D eigenvalue weighted by atomic mass is 35.5. The maximum Gasteiger partial charge on any atom is 0.313 e. The molecule has 0 saturated carbocycles. The molecule has 6 heteroatoms. The van der Waals surface area contributed by atoms with Gasteiger partial charge >= 0.3 is 11.8 Å². The van der Waals surface area contributed by atoms with Gasteiger partial charge < -0.3 is 10.6 Å². The lowest BCUT2D eigenvalue weighted by atomic mass is 10.1. The van der Waals surface area contributed by atoms with Crippen molar-refractivity contribution < 1.29 is 14.0 Å². The summed E-state index contributed by atoms with van der Waals surface area (Å²) in [5.41, 5.74) is -0.0616. The van der Waals surface area contributed by atoms with Gasteiger partial charge in [-0.25, -0.2) is 4.39 Å². The van der Waals surface area contributed by atoms with Crippen molar-refractivity contribution >= 4 is 29.1 Å². The molecule has 0 fully saturated rings. The van der Waals surface area contributed by atoms with Crippen LogP contribution in [0.25, 0.3) is 0 Å². The van der Waals surface area contributed by atoms with Crippen LogP contribution in [-0.2, 0) is 9.59 Å². The molecule has 0 radical (unpaired) electrons. The number of carbonyl (C=O) groups excluding carboxylic acids is 2. The van der Waals surface area contributed by atoms with E-state index in [2.05, 4.69) is 17.6 Å². The van der Waals surface area contributed by atoms with E-state index in [0.29, 0.717) is 6.54 Å². The Morgan fingerprint density at radius 2 is 1.50 bits per heavy atom. The van der Waals surface area contributed by atoms with E-state index in [0.717, 1.165) is 25.3 Å². The zero-order valence-corrected chi connectivity index (χ0v) is 16.3. The lowest BCUT2D eigenvalue weighted by Gasteiger charge is -2.07. The fourth-order valence-electron chi connectivity index (χ4n) is 2.66. The number of nitrogens with one attached hydrogen (secondary N) is 2. The van der Waals surface area contributed by atoms with Crippen LogP contribution in [0, 0.1) is 5.82 Å². The Labute approximate surface area is 160 Å². The van der Waals surface area contributed by atoms with Crippen LogP contribution in [-0.4, -0.2) is 18.4 Å². The highest BCUT2D eigenvalue weighted by Crippen LogP contribution is 2.18. The van der Waals surface area contributed by atoms with Crippen LogP contribution < -0.4 is 10.6 Å². The Bertz CT molecular complexity index is 567. The summed E-state index contributed by atoms with van der Waals surface area (Å²) >= 11 is 5.64. The van der Waals surface area contributed by atoms with Crippen LogP contribution in [0.2, 0.25) is 5.02 Å².